The van der Waals surface area contributed by atoms with Crippen molar-refractivity contribution in [3.8, 4) is 0 Å². The number of nitrogens with zero attached hydrogens (tertiary/aromatic N) is 3. The third kappa shape index (κ3) is 3.30. The van der Waals surface area contributed by atoms with Gasteiger partial charge in [0.2, 0.25) is 0 Å². The van der Waals surface area contributed by atoms with E-state index in [0.29, 0.717) is 6.04 Å². The van der Waals surface area contributed by atoms with Crippen LogP contribution in [0.1, 0.15) is 39.6 Å². The van der Waals surface area contributed by atoms with Crippen molar-refractivity contribution in [2.24, 2.45) is 5.92 Å². The maximum Gasteiger partial charge on any atom is 0.138 e. The van der Waals surface area contributed by atoms with Crippen LogP contribution in [0.5, 0.6) is 0 Å². The van der Waals surface area contributed by atoms with E-state index in [4.69, 9.17) is 4.52 Å². The summed E-state index contributed by atoms with van der Waals surface area (Å²) in [5.41, 5.74) is 2.34. The zero-order valence-electron chi connectivity index (χ0n) is 14.9. The second kappa shape index (κ2) is 6.62. The lowest BCUT2D eigenvalue weighted by molar-refractivity contribution is 0.124. The van der Waals surface area contributed by atoms with Gasteiger partial charge in [0.1, 0.15) is 5.76 Å². The number of thiophene rings is 1. The third-order valence-electron chi connectivity index (χ3n) is 5.62. The zero-order valence-corrected chi connectivity index (χ0v) is 15.7. The van der Waals surface area contributed by atoms with Crippen LogP contribution in [-0.4, -0.2) is 40.6 Å². The number of hydrogen-bond acceptors (Lipinski definition) is 5. The summed E-state index contributed by atoms with van der Waals surface area (Å²) in [6.07, 6.45) is 2.72. The van der Waals surface area contributed by atoms with E-state index < -0.39 is 0 Å². The lowest BCUT2D eigenvalue weighted by atomic mass is 9.95. The Labute approximate surface area is 148 Å². The van der Waals surface area contributed by atoms with Gasteiger partial charge in [-0.1, -0.05) is 5.16 Å². The molecule has 130 valence electrons. The first-order valence-electron chi connectivity index (χ1n) is 9.02. The standard InChI is InChI=1S/C19H27N3OS/c1-13-4-7-18(24-13)11-22-9-16-5-6-17(22)10-21(8-16)12-19-14(2)20-23-15(19)3/h4,7,16-17H,5-6,8-12H2,1-3H3/t16-,17+/m1/s1. The zero-order chi connectivity index (χ0) is 16.7. The highest BCUT2D eigenvalue weighted by Crippen LogP contribution is 2.31. The summed E-state index contributed by atoms with van der Waals surface area (Å²) >= 11 is 1.95. The first kappa shape index (κ1) is 16.3. The van der Waals surface area contributed by atoms with Crippen molar-refractivity contribution in [1.29, 1.82) is 0 Å². The van der Waals surface area contributed by atoms with Crippen molar-refractivity contribution < 1.29 is 4.52 Å². The van der Waals surface area contributed by atoms with Crippen LogP contribution in [0.25, 0.3) is 0 Å². The predicted molar refractivity (Wildman–Crippen MR) is 97.2 cm³/mol. The fraction of sp³-hybridized carbons (Fsp3) is 0.632. The second-order valence-electron chi connectivity index (χ2n) is 7.54. The molecule has 5 heteroatoms. The Morgan fingerprint density at radius 2 is 2.00 bits per heavy atom. The predicted octanol–water partition coefficient (Wildman–Crippen LogP) is 3.76. The molecule has 5 heterocycles. The summed E-state index contributed by atoms with van der Waals surface area (Å²) < 4.78 is 5.35. The van der Waals surface area contributed by atoms with Gasteiger partial charge in [0.25, 0.3) is 0 Å². The lowest BCUT2D eigenvalue weighted by Gasteiger charge is -2.35. The highest BCUT2D eigenvalue weighted by Gasteiger charge is 2.35. The highest BCUT2D eigenvalue weighted by molar-refractivity contribution is 7.11. The Morgan fingerprint density at radius 1 is 1.12 bits per heavy atom. The van der Waals surface area contributed by atoms with Crippen LogP contribution in [0.3, 0.4) is 0 Å². The van der Waals surface area contributed by atoms with Gasteiger partial charge in [0.15, 0.2) is 0 Å². The van der Waals surface area contributed by atoms with Crippen LogP contribution in [0.15, 0.2) is 16.7 Å². The molecule has 4 nitrogen and oxygen atoms in total. The fourth-order valence-electron chi connectivity index (χ4n) is 4.32. The van der Waals surface area contributed by atoms with Crippen LogP contribution in [0.2, 0.25) is 0 Å². The average molecular weight is 346 g/mol. The van der Waals surface area contributed by atoms with Crippen LogP contribution in [0, 0.1) is 26.7 Å². The molecule has 0 radical (unpaired) electrons. The molecule has 24 heavy (non-hydrogen) atoms. The molecule has 0 aliphatic carbocycles. The maximum atomic E-state index is 5.35. The number of aromatic nitrogens is 1. The SMILES string of the molecule is Cc1ccc(CN2C[C@@H]3CC[C@H]2CN(Cc2c(C)noc2C)C3)s1. The van der Waals surface area contributed by atoms with E-state index in [0.717, 1.165) is 30.5 Å². The van der Waals surface area contributed by atoms with E-state index in [-0.39, 0.29) is 0 Å². The van der Waals surface area contributed by atoms with E-state index >= 15 is 0 Å². The van der Waals surface area contributed by atoms with E-state index in [1.54, 1.807) is 0 Å². The minimum Gasteiger partial charge on any atom is -0.361 e. The number of hydrogen-bond donors (Lipinski definition) is 0. The lowest BCUT2D eigenvalue weighted by Crippen LogP contribution is -2.43. The monoisotopic (exact) mass is 345 g/mol. The Bertz CT molecular complexity index is 688. The number of rotatable bonds is 4. The van der Waals surface area contributed by atoms with Gasteiger partial charge in [-0.25, -0.2) is 0 Å². The fourth-order valence-corrected chi connectivity index (χ4v) is 5.24. The molecule has 2 aromatic rings. The molecule has 2 aromatic heterocycles. The summed E-state index contributed by atoms with van der Waals surface area (Å²) in [4.78, 5) is 8.30. The van der Waals surface area contributed by atoms with Gasteiger partial charge >= 0.3 is 0 Å². The van der Waals surface area contributed by atoms with Gasteiger partial charge in [-0.05, 0) is 51.7 Å². The Kier molecular flexibility index (Phi) is 4.50. The van der Waals surface area contributed by atoms with Crippen molar-refractivity contribution in [3.05, 3.63) is 38.9 Å². The van der Waals surface area contributed by atoms with Crippen molar-refractivity contribution in [3.63, 3.8) is 0 Å². The molecular weight excluding hydrogens is 318 g/mol. The summed E-state index contributed by atoms with van der Waals surface area (Å²) in [6.45, 7) is 12.0. The summed E-state index contributed by atoms with van der Waals surface area (Å²) in [5, 5.41) is 4.12. The highest BCUT2D eigenvalue weighted by atomic mass is 32.1. The molecule has 2 atom stereocenters. The second-order valence-corrected chi connectivity index (χ2v) is 8.91. The third-order valence-corrected chi connectivity index (χ3v) is 6.61. The number of fused-ring (bicyclic) bond motifs is 4. The molecule has 0 N–H and O–H groups in total. The Morgan fingerprint density at radius 3 is 2.71 bits per heavy atom. The van der Waals surface area contributed by atoms with E-state index in [2.05, 4.69) is 40.9 Å². The minimum absolute atomic E-state index is 0.687. The van der Waals surface area contributed by atoms with Crippen molar-refractivity contribution in [2.45, 2.75) is 52.7 Å². The normalized spacial score (nSPS) is 25.3. The van der Waals surface area contributed by atoms with Gasteiger partial charge in [-0.3, -0.25) is 9.80 Å². The maximum absolute atomic E-state index is 5.35. The molecule has 0 unspecified atom stereocenters. The van der Waals surface area contributed by atoms with Crippen molar-refractivity contribution in [1.82, 2.24) is 15.0 Å². The topological polar surface area (TPSA) is 32.5 Å². The molecule has 2 bridgehead atoms. The molecule has 3 fully saturated rings. The smallest absolute Gasteiger partial charge is 0.138 e. The largest absolute Gasteiger partial charge is 0.361 e. The van der Waals surface area contributed by atoms with Gasteiger partial charge < -0.3 is 4.52 Å². The summed E-state index contributed by atoms with van der Waals surface area (Å²) in [5.74, 6) is 1.78. The summed E-state index contributed by atoms with van der Waals surface area (Å²) in [7, 11) is 0. The molecule has 5 rings (SSSR count). The van der Waals surface area contributed by atoms with Crippen molar-refractivity contribution in [2.75, 3.05) is 19.6 Å². The molecular formula is C19H27N3OS. The van der Waals surface area contributed by atoms with Gasteiger partial charge in [0.05, 0.1) is 5.69 Å². The number of piperidine rings is 1. The van der Waals surface area contributed by atoms with Gasteiger partial charge in [0, 0.05) is 54.1 Å². The van der Waals surface area contributed by atoms with Crippen molar-refractivity contribution >= 4 is 11.3 Å². The molecule has 0 spiro atoms. The van der Waals surface area contributed by atoms with E-state index in [1.807, 2.05) is 18.3 Å². The van der Waals surface area contributed by atoms with E-state index in [1.165, 1.54) is 47.8 Å². The Hall–Kier alpha value is -1.17. The first-order chi connectivity index (χ1) is 11.6. The molecule has 3 aliphatic heterocycles. The average Bonchev–Trinajstić information content (AvgIpc) is 2.96. The molecule has 3 aliphatic rings. The summed E-state index contributed by atoms with van der Waals surface area (Å²) in [6, 6.07) is 5.24. The van der Waals surface area contributed by atoms with Crippen LogP contribution in [-0.2, 0) is 13.1 Å². The van der Waals surface area contributed by atoms with Crippen LogP contribution < -0.4 is 0 Å². The van der Waals surface area contributed by atoms with Crippen LogP contribution in [0.4, 0.5) is 0 Å². The van der Waals surface area contributed by atoms with Crippen LogP contribution >= 0.6 is 11.3 Å². The van der Waals surface area contributed by atoms with Gasteiger partial charge in [-0.15, -0.1) is 11.3 Å². The molecule has 3 saturated heterocycles. The Balaban J connectivity index is 1.46. The number of aryl methyl sites for hydroxylation is 3. The van der Waals surface area contributed by atoms with Gasteiger partial charge in [-0.2, -0.15) is 0 Å². The minimum atomic E-state index is 0.687. The molecule has 0 amide bonds. The molecule has 0 aromatic carbocycles. The van der Waals surface area contributed by atoms with E-state index in [9.17, 15) is 0 Å². The quantitative estimate of drug-likeness (QED) is 0.845. The first-order valence-corrected chi connectivity index (χ1v) is 9.83. The molecule has 0 saturated carbocycles.